The summed E-state index contributed by atoms with van der Waals surface area (Å²) in [6, 6.07) is 11.3. The summed E-state index contributed by atoms with van der Waals surface area (Å²) in [5, 5.41) is 8.91. The lowest BCUT2D eigenvalue weighted by Gasteiger charge is -2.14. The van der Waals surface area contributed by atoms with E-state index in [1.807, 2.05) is 0 Å². The van der Waals surface area contributed by atoms with Crippen molar-refractivity contribution in [2.45, 2.75) is 0 Å². The summed E-state index contributed by atoms with van der Waals surface area (Å²) in [5.74, 6) is -0.501. The third kappa shape index (κ3) is 3.46. The van der Waals surface area contributed by atoms with Gasteiger partial charge in [-0.2, -0.15) is 0 Å². The number of fused-ring (bicyclic) bond motifs is 2. The van der Waals surface area contributed by atoms with E-state index in [-0.39, 0.29) is 28.4 Å². The maximum absolute atomic E-state index is 12.3. The fourth-order valence-corrected chi connectivity index (χ4v) is 2.21. The van der Waals surface area contributed by atoms with Crippen molar-refractivity contribution in [2.75, 3.05) is 0 Å². The molecule has 1 aliphatic rings. The second kappa shape index (κ2) is 6.05. The largest absolute Gasteiger partial charge is 0.759 e. The molecule has 0 saturated carbocycles. The molecule has 0 radical (unpaired) electrons. The van der Waals surface area contributed by atoms with Crippen LogP contribution in [0.15, 0.2) is 42.5 Å². The van der Waals surface area contributed by atoms with Gasteiger partial charge in [-0.1, -0.05) is 30.3 Å². The van der Waals surface area contributed by atoms with E-state index in [4.69, 9.17) is 22.9 Å². The highest BCUT2D eigenvalue weighted by Crippen LogP contribution is 2.32. The molecule has 0 aliphatic heterocycles. The number of rotatable bonds is 0. The van der Waals surface area contributed by atoms with E-state index < -0.39 is 10.4 Å². The Morgan fingerprint density at radius 3 is 1.83 bits per heavy atom. The monoisotopic (exact) mass is 331 g/mol. The second-order valence-corrected chi connectivity index (χ2v) is 5.23. The van der Waals surface area contributed by atoms with E-state index in [2.05, 4.69) is 4.98 Å². The summed E-state index contributed by atoms with van der Waals surface area (Å²) in [4.78, 5) is 27.6. The minimum atomic E-state index is -5.17. The number of nitrogens with zero attached hydrogens (tertiary/aromatic N) is 2. The lowest BCUT2D eigenvalue weighted by atomic mass is 9.83. The van der Waals surface area contributed by atoms with Crippen LogP contribution in [-0.4, -0.2) is 29.1 Å². The number of hydrogen-bond acceptors (Lipinski definition) is 7. The Bertz CT molecular complexity index is 951. The van der Waals surface area contributed by atoms with Crippen molar-refractivity contribution in [3.8, 4) is 0 Å². The zero-order valence-electron chi connectivity index (χ0n) is 11.3. The van der Waals surface area contributed by atoms with E-state index in [9.17, 15) is 9.59 Å². The molecule has 2 aromatic carbocycles. The van der Waals surface area contributed by atoms with Crippen molar-refractivity contribution in [1.29, 1.82) is 5.39 Å². The topological polar surface area (TPSA) is 143 Å². The van der Waals surface area contributed by atoms with Crippen LogP contribution in [0.4, 0.5) is 5.69 Å². The number of carbonyl (C=O) groups excluding carboxylic acids is 2. The number of hydrogen-bond donors (Lipinski definition) is 0. The predicted molar refractivity (Wildman–Crippen MR) is 75.0 cm³/mol. The van der Waals surface area contributed by atoms with E-state index in [1.165, 1.54) is 6.07 Å². The highest BCUT2D eigenvalue weighted by molar-refractivity contribution is 7.79. The summed E-state index contributed by atoms with van der Waals surface area (Å²) >= 11 is 0. The third-order valence-electron chi connectivity index (χ3n) is 3.04. The molecule has 9 heteroatoms. The first kappa shape index (κ1) is 16.4. The van der Waals surface area contributed by atoms with Crippen LogP contribution < -0.4 is 0 Å². The van der Waals surface area contributed by atoms with E-state index in [0.29, 0.717) is 11.1 Å². The molecular formula is C14H7N2O6S-. The van der Waals surface area contributed by atoms with Gasteiger partial charge in [-0.3, -0.25) is 18.0 Å². The van der Waals surface area contributed by atoms with E-state index >= 15 is 0 Å². The lowest BCUT2D eigenvalue weighted by molar-refractivity contribution is 0.0980. The van der Waals surface area contributed by atoms with Gasteiger partial charge in [0, 0.05) is 33.2 Å². The molecule has 116 valence electrons. The molecule has 0 bridgehead atoms. The summed E-state index contributed by atoms with van der Waals surface area (Å²) in [6.07, 6.45) is 0. The molecule has 0 fully saturated rings. The Kier molecular flexibility index (Phi) is 4.33. The van der Waals surface area contributed by atoms with Gasteiger partial charge in [0.05, 0.1) is 0 Å². The summed E-state index contributed by atoms with van der Waals surface area (Å²) in [5.41, 5.74) is 1.33. The van der Waals surface area contributed by atoms with Gasteiger partial charge in [0.25, 0.3) is 0 Å². The fourth-order valence-electron chi connectivity index (χ4n) is 2.21. The predicted octanol–water partition coefficient (Wildman–Crippen LogP) is 1.61. The first-order valence-electron chi connectivity index (χ1n) is 6.07. The first-order valence-corrected chi connectivity index (χ1v) is 7.40. The highest BCUT2D eigenvalue weighted by Gasteiger charge is 2.35. The van der Waals surface area contributed by atoms with Crippen molar-refractivity contribution < 1.29 is 27.1 Å². The minimum absolute atomic E-state index is 0.125. The minimum Gasteiger partial charge on any atom is -0.759 e. The quantitative estimate of drug-likeness (QED) is 0.346. The number of benzene rings is 2. The average molecular weight is 331 g/mol. The fraction of sp³-hybridized carbons (Fsp3) is 0. The average Bonchev–Trinajstić information content (AvgIpc) is 2.50. The van der Waals surface area contributed by atoms with Crippen LogP contribution in [0.3, 0.4) is 0 Å². The van der Waals surface area contributed by atoms with Crippen LogP contribution in [0.1, 0.15) is 31.8 Å². The molecule has 0 aromatic heterocycles. The molecule has 0 amide bonds. The Balaban J connectivity index is 0.000000338. The van der Waals surface area contributed by atoms with Crippen molar-refractivity contribution in [3.05, 3.63) is 69.7 Å². The first-order chi connectivity index (χ1) is 10.7. The van der Waals surface area contributed by atoms with Crippen LogP contribution in [-0.2, 0) is 10.4 Å². The molecule has 23 heavy (non-hydrogen) atoms. The van der Waals surface area contributed by atoms with Crippen molar-refractivity contribution in [3.63, 3.8) is 0 Å². The Morgan fingerprint density at radius 1 is 0.826 bits per heavy atom. The highest BCUT2D eigenvalue weighted by atomic mass is 32.3. The Morgan fingerprint density at radius 2 is 1.30 bits per heavy atom. The molecule has 1 aliphatic carbocycles. The van der Waals surface area contributed by atoms with E-state index in [0.717, 1.165) is 0 Å². The molecule has 0 atom stereocenters. The van der Waals surface area contributed by atoms with Gasteiger partial charge >= 0.3 is 5.69 Å². The maximum atomic E-state index is 12.3. The molecule has 0 heterocycles. The normalized spacial score (nSPS) is 12.4. The van der Waals surface area contributed by atoms with Crippen molar-refractivity contribution in [1.82, 2.24) is 0 Å². The zero-order chi connectivity index (χ0) is 17.2. The van der Waals surface area contributed by atoms with E-state index in [1.54, 1.807) is 36.4 Å². The lowest BCUT2D eigenvalue weighted by Crippen LogP contribution is -2.20. The smallest absolute Gasteiger partial charge is 0.396 e. The summed E-state index contributed by atoms with van der Waals surface area (Å²) in [7, 11) is -5.17. The van der Waals surface area contributed by atoms with Crippen LogP contribution in [0.2, 0.25) is 0 Å². The van der Waals surface area contributed by atoms with Gasteiger partial charge in [-0.15, -0.1) is 0 Å². The van der Waals surface area contributed by atoms with Crippen LogP contribution in [0.25, 0.3) is 4.98 Å². The molecule has 8 nitrogen and oxygen atoms in total. The Labute approximate surface area is 130 Å². The van der Waals surface area contributed by atoms with Crippen molar-refractivity contribution in [2.24, 2.45) is 0 Å². The summed E-state index contributed by atoms with van der Waals surface area (Å²) in [6.45, 7) is 0. The van der Waals surface area contributed by atoms with Gasteiger partial charge in [0.1, 0.15) is 5.56 Å². The molecule has 2 aromatic rings. The van der Waals surface area contributed by atoms with Crippen molar-refractivity contribution >= 4 is 27.7 Å². The number of carbonyl (C=O) groups is 2. The molecular weight excluding hydrogens is 324 g/mol. The van der Waals surface area contributed by atoms with Gasteiger partial charge in [-0.25, -0.2) is 0 Å². The Hall–Kier alpha value is -2.93. The van der Waals surface area contributed by atoms with Crippen LogP contribution >= 0.6 is 0 Å². The number of diazo groups is 1. The molecule has 0 N–H and O–H groups in total. The number of ketones is 2. The molecule has 0 saturated heterocycles. The van der Waals surface area contributed by atoms with Gasteiger partial charge < -0.3 is 9.11 Å². The zero-order valence-corrected chi connectivity index (χ0v) is 12.1. The molecule has 3 rings (SSSR count). The van der Waals surface area contributed by atoms with Gasteiger partial charge in [0.15, 0.2) is 10.8 Å². The van der Waals surface area contributed by atoms with Crippen LogP contribution in [0, 0.1) is 5.39 Å². The van der Waals surface area contributed by atoms with Gasteiger partial charge in [0.2, 0.25) is 11.2 Å². The molecule has 0 unspecified atom stereocenters. The SMILES string of the molecule is N#[N+]c1cccc2c1C(=O)c1ccccc1C2=O.O=S(=O)([O-])[O-]. The maximum Gasteiger partial charge on any atom is 0.396 e. The second-order valence-electron chi connectivity index (χ2n) is 4.41. The third-order valence-corrected chi connectivity index (χ3v) is 3.04. The van der Waals surface area contributed by atoms with Gasteiger partial charge in [-0.05, 0) is 6.07 Å². The summed E-state index contributed by atoms with van der Waals surface area (Å²) < 4.78 is 34.1. The van der Waals surface area contributed by atoms with Crippen LogP contribution in [0.5, 0.6) is 0 Å². The molecule has 0 spiro atoms. The standard InChI is InChI=1S/C14H7N2O2.H2O4S/c15-16-11-7-3-6-10-12(11)14(18)9-5-2-1-4-8(9)13(10)17;1-5(2,3)4/h1-7H;(H2,1,2,3,4)/q+1;/p-2.